The summed E-state index contributed by atoms with van der Waals surface area (Å²) in [6.07, 6.45) is 0. The van der Waals surface area contributed by atoms with E-state index in [0.717, 1.165) is 23.2 Å². The van der Waals surface area contributed by atoms with E-state index in [2.05, 4.69) is 41.3 Å². The topological polar surface area (TPSA) is 123 Å². The first-order valence-electron chi connectivity index (χ1n) is 21.6. The maximum atomic E-state index is 6.74. The molecule has 0 N–H and O–H groups in total. The molecule has 0 aromatic heterocycles. The first-order chi connectivity index (χ1) is 30.2. The average molecular weight is 860 g/mol. The molecule has 0 radical (unpaired) electrons. The number of benzene rings is 3. The summed E-state index contributed by atoms with van der Waals surface area (Å²) in [6.45, 7) is 13.7. The van der Waals surface area contributed by atoms with Crippen molar-refractivity contribution in [3.63, 3.8) is 0 Å². The van der Waals surface area contributed by atoms with Crippen LogP contribution in [0.1, 0.15) is 16.7 Å². The summed E-state index contributed by atoms with van der Waals surface area (Å²) in [7, 11) is 4.04. The lowest BCUT2D eigenvalue weighted by atomic mass is 9.80. The Labute approximate surface area is 364 Å². The highest BCUT2D eigenvalue weighted by molar-refractivity contribution is 5.47. The number of hydrogen-bond donors (Lipinski definition) is 0. The lowest BCUT2D eigenvalue weighted by Gasteiger charge is -2.36. The van der Waals surface area contributed by atoms with E-state index in [-0.39, 0.29) is 0 Å². The maximum absolute atomic E-state index is 6.74. The van der Waals surface area contributed by atoms with E-state index >= 15 is 0 Å². The molecule has 0 aliphatic carbocycles. The first-order valence-corrected chi connectivity index (χ1v) is 21.6. The van der Waals surface area contributed by atoms with Crippen molar-refractivity contribution in [2.75, 3.05) is 186 Å². The van der Waals surface area contributed by atoms with Crippen LogP contribution >= 0.6 is 0 Å². The van der Waals surface area contributed by atoms with Gasteiger partial charge < -0.3 is 66.5 Å². The molecule has 3 aromatic carbocycles. The average Bonchev–Trinajstić information content (AvgIpc) is 3.29. The summed E-state index contributed by atoms with van der Waals surface area (Å²) in [4.78, 5) is 2.08. The van der Waals surface area contributed by atoms with Gasteiger partial charge in [-0.25, -0.2) is 0 Å². The predicted octanol–water partition coefficient (Wildman–Crippen LogP) is 4.76. The van der Waals surface area contributed by atoms with Crippen LogP contribution in [0, 0.1) is 0 Å². The summed E-state index contributed by atoms with van der Waals surface area (Å²) in [5.74, 6) is 0. The maximum Gasteiger partial charge on any atom is 0.143 e. The van der Waals surface area contributed by atoms with Gasteiger partial charge in [0.2, 0.25) is 0 Å². The molecular formula is C47H73NO13. The van der Waals surface area contributed by atoms with Gasteiger partial charge in [0.05, 0.1) is 165 Å². The Balaban J connectivity index is 1.00. The second-order valence-electron chi connectivity index (χ2n) is 13.8. The second-order valence-corrected chi connectivity index (χ2v) is 13.8. The zero-order valence-corrected chi connectivity index (χ0v) is 36.8. The Hall–Kier alpha value is -2.90. The van der Waals surface area contributed by atoms with E-state index in [1.807, 2.05) is 68.7 Å². The highest BCUT2D eigenvalue weighted by Crippen LogP contribution is 2.40. The quantitative estimate of drug-likeness (QED) is 0.0575. The van der Waals surface area contributed by atoms with Gasteiger partial charge in [-0.15, -0.1) is 0 Å². The smallest absolute Gasteiger partial charge is 0.143 e. The number of rotatable bonds is 43. The molecule has 0 bridgehead atoms. The van der Waals surface area contributed by atoms with Gasteiger partial charge in [0, 0.05) is 6.54 Å². The fraction of sp³-hybridized carbons (Fsp3) is 0.617. The monoisotopic (exact) mass is 860 g/mol. The first kappa shape index (κ1) is 52.4. The van der Waals surface area contributed by atoms with Crippen LogP contribution < -0.4 is 0 Å². The molecule has 0 unspecified atom stereocenters. The predicted molar refractivity (Wildman–Crippen MR) is 234 cm³/mol. The van der Waals surface area contributed by atoms with Gasteiger partial charge in [-0.2, -0.15) is 0 Å². The van der Waals surface area contributed by atoms with Crippen molar-refractivity contribution in [1.82, 2.24) is 4.90 Å². The van der Waals surface area contributed by atoms with Gasteiger partial charge in [-0.05, 0) is 30.8 Å². The van der Waals surface area contributed by atoms with Gasteiger partial charge in [0.15, 0.2) is 0 Å². The van der Waals surface area contributed by atoms with Crippen molar-refractivity contribution < 1.29 is 61.6 Å². The van der Waals surface area contributed by atoms with E-state index in [9.17, 15) is 0 Å². The van der Waals surface area contributed by atoms with Crippen molar-refractivity contribution in [3.8, 4) is 0 Å². The van der Waals surface area contributed by atoms with E-state index in [1.165, 1.54) is 0 Å². The largest absolute Gasteiger partial charge is 0.378 e. The van der Waals surface area contributed by atoms with Gasteiger partial charge in [0.1, 0.15) is 5.60 Å². The van der Waals surface area contributed by atoms with Gasteiger partial charge >= 0.3 is 0 Å². The SMILES string of the molecule is CN(C)CCOCCOCCOCCOCCOCCOCCOCCOCCOCCOCCOCCOCCOC(c1ccccc1)(c1ccccc1)c1ccccc1. The molecule has 0 heterocycles. The number of nitrogens with zero attached hydrogens (tertiary/aromatic N) is 1. The van der Waals surface area contributed by atoms with Crippen molar-refractivity contribution in [1.29, 1.82) is 0 Å². The minimum atomic E-state index is -0.754. The highest BCUT2D eigenvalue weighted by atomic mass is 16.6. The summed E-state index contributed by atoms with van der Waals surface area (Å²) >= 11 is 0. The molecule has 61 heavy (non-hydrogen) atoms. The zero-order chi connectivity index (χ0) is 43.0. The van der Waals surface area contributed by atoms with E-state index in [0.29, 0.717) is 165 Å². The molecule has 0 atom stereocenters. The molecule has 14 heteroatoms. The van der Waals surface area contributed by atoms with Crippen LogP contribution in [0.5, 0.6) is 0 Å². The van der Waals surface area contributed by atoms with E-state index < -0.39 is 5.60 Å². The summed E-state index contributed by atoms with van der Waals surface area (Å²) < 4.78 is 73.4. The van der Waals surface area contributed by atoms with Crippen LogP contribution in [0.25, 0.3) is 0 Å². The number of hydrogen-bond acceptors (Lipinski definition) is 14. The normalized spacial score (nSPS) is 11.9. The minimum Gasteiger partial charge on any atom is -0.378 e. The third kappa shape index (κ3) is 25.7. The molecule has 0 fully saturated rings. The van der Waals surface area contributed by atoms with Crippen LogP contribution in [0.2, 0.25) is 0 Å². The Morgan fingerprint density at radius 3 is 0.689 bits per heavy atom. The third-order valence-electron chi connectivity index (χ3n) is 8.86. The molecular weight excluding hydrogens is 787 g/mol. The molecule has 0 aliphatic rings. The van der Waals surface area contributed by atoms with Gasteiger partial charge in [-0.3, -0.25) is 0 Å². The summed E-state index contributed by atoms with van der Waals surface area (Å²) in [5, 5.41) is 0. The van der Waals surface area contributed by atoms with Crippen molar-refractivity contribution >= 4 is 0 Å². The Bertz CT molecular complexity index is 1260. The van der Waals surface area contributed by atoms with E-state index in [1.54, 1.807) is 0 Å². The second kappa shape index (κ2) is 37.6. The van der Waals surface area contributed by atoms with E-state index in [4.69, 9.17) is 61.6 Å². The fourth-order valence-electron chi connectivity index (χ4n) is 5.79. The summed E-state index contributed by atoms with van der Waals surface area (Å²) in [5.41, 5.74) is 2.44. The van der Waals surface area contributed by atoms with Gasteiger partial charge in [0.25, 0.3) is 0 Å². The van der Waals surface area contributed by atoms with Crippen LogP contribution in [-0.4, -0.2) is 191 Å². The molecule has 14 nitrogen and oxygen atoms in total. The Morgan fingerprint density at radius 1 is 0.279 bits per heavy atom. The zero-order valence-electron chi connectivity index (χ0n) is 36.8. The molecule has 3 rings (SSSR count). The highest BCUT2D eigenvalue weighted by Gasteiger charge is 2.37. The molecule has 0 aliphatic heterocycles. The molecule has 0 amide bonds. The number of ether oxygens (including phenoxy) is 13. The van der Waals surface area contributed by atoms with Crippen molar-refractivity contribution in [3.05, 3.63) is 108 Å². The van der Waals surface area contributed by atoms with Crippen LogP contribution in [-0.2, 0) is 67.2 Å². The Kier molecular flexibility index (Phi) is 32.4. The van der Waals surface area contributed by atoms with Crippen LogP contribution in [0.15, 0.2) is 91.0 Å². The van der Waals surface area contributed by atoms with Crippen molar-refractivity contribution in [2.45, 2.75) is 5.60 Å². The molecule has 0 saturated heterocycles. The fourth-order valence-corrected chi connectivity index (χ4v) is 5.79. The standard InChI is InChI=1S/C47H73NO13/c1-48(2)18-19-49-20-21-50-22-23-51-24-25-52-26-27-53-28-29-54-30-31-55-32-33-56-34-35-57-36-37-58-38-39-59-40-41-60-42-43-61-47(44-12-6-3-7-13-44,45-14-8-4-9-15-45)46-16-10-5-11-17-46/h3-17H,18-43H2,1-2H3. The van der Waals surface area contributed by atoms with Crippen LogP contribution in [0.3, 0.4) is 0 Å². The Morgan fingerprint density at radius 2 is 0.475 bits per heavy atom. The minimum absolute atomic E-state index is 0.414. The molecule has 0 spiro atoms. The molecule has 0 saturated carbocycles. The van der Waals surface area contributed by atoms with Gasteiger partial charge in [-0.1, -0.05) is 91.0 Å². The molecule has 3 aromatic rings. The summed E-state index contributed by atoms with van der Waals surface area (Å²) in [6, 6.07) is 31.0. The number of likely N-dealkylation sites (N-methyl/N-ethyl adjacent to an activating group) is 1. The van der Waals surface area contributed by atoms with Crippen molar-refractivity contribution in [2.24, 2.45) is 0 Å². The van der Waals surface area contributed by atoms with Crippen LogP contribution in [0.4, 0.5) is 0 Å². The lowest BCUT2D eigenvalue weighted by molar-refractivity contribution is -0.0399. The lowest BCUT2D eigenvalue weighted by Crippen LogP contribution is -2.34. The molecule has 344 valence electrons. The third-order valence-corrected chi connectivity index (χ3v) is 8.86.